The van der Waals surface area contributed by atoms with Gasteiger partial charge in [0.1, 0.15) is 0 Å². The van der Waals surface area contributed by atoms with Gasteiger partial charge in [0.15, 0.2) is 0 Å². The molecule has 0 saturated heterocycles. The monoisotopic (exact) mass is 326 g/mol. The van der Waals surface area contributed by atoms with Crippen LogP contribution in [0.5, 0.6) is 0 Å². The topological polar surface area (TPSA) is 34.0 Å². The number of aryl methyl sites for hydroxylation is 2. The Labute approximate surface area is 145 Å². The van der Waals surface area contributed by atoms with Crippen LogP contribution in [0.2, 0.25) is 0 Å². The first-order chi connectivity index (χ1) is 11.7. The maximum Gasteiger partial charge on any atom is 0.220 e. The van der Waals surface area contributed by atoms with Crippen molar-refractivity contribution in [3.05, 3.63) is 36.0 Å². The lowest BCUT2D eigenvalue weighted by Gasteiger charge is -2.26. The lowest BCUT2D eigenvalue weighted by molar-refractivity contribution is -0.122. The number of fused-ring (bicyclic) bond motifs is 1. The molecule has 1 aliphatic carbocycles. The third kappa shape index (κ3) is 4.00. The molecule has 1 aromatic heterocycles. The molecule has 1 N–H and O–H groups in total. The Morgan fingerprint density at radius 1 is 1.21 bits per heavy atom. The molecule has 24 heavy (non-hydrogen) atoms. The van der Waals surface area contributed by atoms with Crippen molar-refractivity contribution >= 4 is 16.8 Å². The van der Waals surface area contributed by atoms with E-state index in [2.05, 4.69) is 54.2 Å². The number of aromatic nitrogens is 1. The summed E-state index contributed by atoms with van der Waals surface area (Å²) in [6.45, 7) is 5.47. The summed E-state index contributed by atoms with van der Waals surface area (Å²) in [5.41, 5.74) is 2.67. The fourth-order valence-corrected chi connectivity index (χ4v) is 3.93. The Hall–Kier alpha value is -1.77. The normalized spacial score (nSPS) is 21.1. The summed E-state index contributed by atoms with van der Waals surface area (Å²) in [4.78, 5) is 12.2. The third-order valence-corrected chi connectivity index (χ3v) is 5.44. The van der Waals surface area contributed by atoms with Crippen molar-refractivity contribution < 1.29 is 4.79 Å². The van der Waals surface area contributed by atoms with Gasteiger partial charge < -0.3 is 9.88 Å². The van der Waals surface area contributed by atoms with E-state index in [1.165, 1.54) is 29.3 Å². The molecule has 1 aromatic carbocycles. The second-order valence-electron chi connectivity index (χ2n) is 7.34. The molecule has 1 saturated carbocycles. The maximum atomic E-state index is 12.2. The van der Waals surface area contributed by atoms with Crippen LogP contribution in [0.3, 0.4) is 0 Å². The highest BCUT2D eigenvalue weighted by molar-refractivity contribution is 5.84. The second-order valence-corrected chi connectivity index (χ2v) is 7.34. The predicted octanol–water partition coefficient (Wildman–Crippen LogP) is 4.68. The van der Waals surface area contributed by atoms with Crippen LogP contribution in [-0.4, -0.2) is 16.5 Å². The first-order valence-electron chi connectivity index (χ1n) is 9.53. The number of benzene rings is 1. The van der Waals surface area contributed by atoms with E-state index in [1.807, 2.05) is 0 Å². The molecule has 3 heteroatoms. The summed E-state index contributed by atoms with van der Waals surface area (Å²) in [5.74, 6) is 1.06. The van der Waals surface area contributed by atoms with Crippen LogP contribution in [0.4, 0.5) is 0 Å². The number of carbonyl (C=O) groups excluding carboxylic acids is 1. The standard InChI is InChI=1S/C21H30N2O/c1-3-23-15-17(19-8-4-5-9-20(19)23)7-6-10-21(24)22-18-13-11-16(2)12-14-18/h4-5,8-9,15-16,18H,3,6-7,10-14H2,1-2H3,(H,22,24). The average molecular weight is 326 g/mol. The first kappa shape index (κ1) is 17.1. The number of para-hydroxylation sites is 1. The summed E-state index contributed by atoms with van der Waals surface area (Å²) in [5, 5.41) is 4.57. The van der Waals surface area contributed by atoms with Crippen molar-refractivity contribution in [2.45, 2.75) is 71.4 Å². The molecule has 1 amide bonds. The minimum Gasteiger partial charge on any atom is -0.353 e. The van der Waals surface area contributed by atoms with Crippen LogP contribution in [0.15, 0.2) is 30.5 Å². The van der Waals surface area contributed by atoms with Crippen LogP contribution in [0, 0.1) is 5.92 Å². The van der Waals surface area contributed by atoms with E-state index < -0.39 is 0 Å². The van der Waals surface area contributed by atoms with Gasteiger partial charge in [0.25, 0.3) is 0 Å². The van der Waals surface area contributed by atoms with Crippen molar-refractivity contribution in [2.24, 2.45) is 5.92 Å². The molecule has 0 bridgehead atoms. The fourth-order valence-electron chi connectivity index (χ4n) is 3.93. The average Bonchev–Trinajstić information content (AvgIpc) is 2.95. The number of nitrogens with one attached hydrogen (secondary N) is 1. The number of nitrogens with zero attached hydrogens (tertiary/aromatic N) is 1. The van der Waals surface area contributed by atoms with E-state index >= 15 is 0 Å². The Balaban J connectivity index is 1.50. The van der Waals surface area contributed by atoms with Gasteiger partial charge in [0.2, 0.25) is 5.91 Å². The number of carbonyl (C=O) groups is 1. The fraction of sp³-hybridized carbons (Fsp3) is 0.571. The van der Waals surface area contributed by atoms with Gasteiger partial charge in [-0.3, -0.25) is 4.79 Å². The zero-order chi connectivity index (χ0) is 16.9. The van der Waals surface area contributed by atoms with Crippen molar-refractivity contribution in [3.8, 4) is 0 Å². The highest BCUT2D eigenvalue weighted by atomic mass is 16.1. The van der Waals surface area contributed by atoms with Crippen molar-refractivity contribution in [1.82, 2.24) is 9.88 Å². The van der Waals surface area contributed by atoms with E-state index in [1.54, 1.807) is 0 Å². The Kier molecular flexibility index (Phi) is 5.60. The molecular formula is C21H30N2O. The SMILES string of the molecule is CCn1cc(CCCC(=O)NC2CCC(C)CC2)c2ccccc21. The molecule has 1 fully saturated rings. The van der Waals surface area contributed by atoms with Crippen LogP contribution < -0.4 is 5.32 Å². The molecule has 3 nitrogen and oxygen atoms in total. The zero-order valence-electron chi connectivity index (χ0n) is 15.1. The van der Waals surface area contributed by atoms with Gasteiger partial charge in [-0.2, -0.15) is 0 Å². The lowest BCUT2D eigenvalue weighted by atomic mass is 9.87. The molecule has 0 spiro atoms. The minimum absolute atomic E-state index is 0.230. The van der Waals surface area contributed by atoms with E-state index in [0.717, 1.165) is 38.1 Å². The molecule has 1 aliphatic rings. The molecule has 0 unspecified atom stereocenters. The molecular weight excluding hydrogens is 296 g/mol. The molecule has 0 atom stereocenters. The van der Waals surface area contributed by atoms with Crippen LogP contribution >= 0.6 is 0 Å². The molecule has 1 heterocycles. The second kappa shape index (κ2) is 7.87. The van der Waals surface area contributed by atoms with Crippen molar-refractivity contribution in [3.63, 3.8) is 0 Å². The Bertz CT molecular complexity index is 680. The quantitative estimate of drug-likeness (QED) is 0.822. The summed E-state index contributed by atoms with van der Waals surface area (Å²) < 4.78 is 2.30. The van der Waals surface area contributed by atoms with E-state index in [0.29, 0.717) is 12.5 Å². The minimum atomic E-state index is 0.230. The lowest BCUT2D eigenvalue weighted by Crippen LogP contribution is -2.37. The van der Waals surface area contributed by atoms with Crippen LogP contribution in [0.25, 0.3) is 10.9 Å². The van der Waals surface area contributed by atoms with E-state index in [-0.39, 0.29) is 5.91 Å². The van der Waals surface area contributed by atoms with Crippen molar-refractivity contribution in [1.29, 1.82) is 0 Å². The number of rotatable bonds is 6. The number of hydrogen-bond acceptors (Lipinski definition) is 1. The van der Waals surface area contributed by atoms with Gasteiger partial charge in [-0.05, 0) is 63.0 Å². The summed E-state index contributed by atoms with van der Waals surface area (Å²) in [6, 6.07) is 8.98. The first-order valence-corrected chi connectivity index (χ1v) is 9.53. The van der Waals surface area contributed by atoms with Crippen LogP contribution in [0.1, 0.15) is 57.9 Å². The number of amides is 1. The van der Waals surface area contributed by atoms with Crippen LogP contribution in [-0.2, 0) is 17.8 Å². The summed E-state index contributed by atoms with van der Waals surface area (Å²) in [6.07, 6.45) is 9.59. The Morgan fingerprint density at radius 2 is 1.96 bits per heavy atom. The van der Waals surface area contributed by atoms with Gasteiger partial charge in [0.05, 0.1) is 0 Å². The Morgan fingerprint density at radius 3 is 2.71 bits per heavy atom. The molecule has 130 valence electrons. The summed E-state index contributed by atoms with van der Waals surface area (Å²) >= 11 is 0. The van der Waals surface area contributed by atoms with Gasteiger partial charge in [-0.1, -0.05) is 25.1 Å². The maximum absolute atomic E-state index is 12.2. The van der Waals surface area contributed by atoms with Gasteiger partial charge >= 0.3 is 0 Å². The molecule has 0 radical (unpaired) electrons. The van der Waals surface area contributed by atoms with Crippen molar-refractivity contribution in [2.75, 3.05) is 0 Å². The van der Waals surface area contributed by atoms with Gasteiger partial charge in [-0.25, -0.2) is 0 Å². The van der Waals surface area contributed by atoms with E-state index in [9.17, 15) is 4.79 Å². The highest BCUT2D eigenvalue weighted by Crippen LogP contribution is 2.24. The van der Waals surface area contributed by atoms with Gasteiger partial charge in [-0.15, -0.1) is 0 Å². The molecule has 0 aliphatic heterocycles. The largest absolute Gasteiger partial charge is 0.353 e. The number of hydrogen-bond donors (Lipinski definition) is 1. The molecule has 2 aromatic rings. The van der Waals surface area contributed by atoms with Gasteiger partial charge in [0, 0.05) is 36.1 Å². The zero-order valence-corrected chi connectivity index (χ0v) is 15.1. The predicted molar refractivity (Wildman–Crippen MR) is 100 cm³/mol. The third-order valence-electron chi connectivity index (χ3n) is 5.44. The highest BCUT2D eigenvalue weighted by Gasteiger charge is 2.19. The van der Waals surface area contributed by atoms with E-state index in [4.69, 9.17) is 0 Å². The molecule has 3 rings (SSSR count). The summed E-state index contributed by atoms with van der Waals surface area (Å²) in [7, 11) is 0. The smallest absolute Gasteiger partial charge is 0.220 e.